The molecule has 3 rings (SSSR count). The third kappa shape index (κ3) is 2.70. The SMILES string of the molecule is CN(Cc1ccc(C#N)cc1F)C1CC2CCC(C1)N2. The van der Waals surface area contributed by atoms with Gasteiger partial charge in [-0.3, -0.25) is 4.90 Å². The highest BCUT2D eigenvalue weighted by Crippen LogP contribution is 2.30. The Morgan fingerprint density at radius 1 is 1.35 bits per heavy atom. The van der Waals surface area contributed by atoms with Gasteiger partial charge in [-0.15, -0.1) is 0 Å². The van der Waals surface area contributed by atoms with Gasteiger partial charge < -0.3 is 5.32 Å². The molecule has 0 spiro atoms. The molecule has 2 bridgehead atoms. The van der Waals surface area contributed by atoms with Crippen molar-refractivity contribution in [1.29, 1.82) is 5.26 Å². The molecule has 2 heterocycles. The van der Waals surface area contributed by atoms with E-state index < -0.39 is 0 Å². The summed E-state index contributed by atoms with van der Waals surface area (Å²) in [6, 6.07) is 8.55. The van der Waals surface area contributed by atoms with Crippen molar-refractivity contribution in [2.75, 3.05) is 7.05 Å². The maximum atomic E-state index is 13.9. The Labute approximate surface area is 119 Å². The Bertz CT molecular complexity index is 525. The number of piperidine rings is 1. The van der Waals surface area contributed by atoms with Crippen molar-refractivity contribution in [2.24, 2.45) is 0 Å². The normalized spacial score (nSPS) is 28.6. The van der Waals surface area contributed by atoms with Gasteiger partial charge in [0.25, 0.3) is 0 Å². The van der Waals surface area contributed by atoms with Gasteiger partial charge in [0, 0.05) is 30.2 Å². The van der Waals surface area contributed by atoms with Crippen LogP contribution in [0.2, 0.25) is 0 Å². The van der Waals surface area contributed by atoms with Gasteiger partial charge in [-0.25, -0.2) is 4.39 Å². The number of hydrogen-bond acceptors (Lipinski definition) is 3. The molecule has 0 saturated carbocycles. The first-order chi connectivity index (χ1) is 9.65. The lowest BCUT2D eigenvalue weighted by Crippen LogP contribution is -2.46. The Kier molecular flexibility index (Phi) is 3.73. The van der Waals surface area contributed by atoms with Crippen LogP contribution in [-0.4, -0.2) is 30.1 Å². The number of benzene rings is 1. The van der Waals surface area contributed by atoms with Crippen molar-refractivity contribution in [3.8, 4) is 6.07 Å². The molecular formula is C16H20FN3. The second-order valence-electron chi connectivity index (χ2n) is 6.10. The molecule has 1 aromatic carbocycles. The van der Waals surface area contributed by atoms with E-state index in [1.165, 1.54) is 18.9 Å². The monoisotopic (exact) mass is 273 g/mol. The lowest BCUT2D eigenvalue weighted by atomic mass is 9.98. The van der Waals surface area contributed by atoms with Gasteiger partial charge in [-0.2, -0.15) is 5.26 Å². The molecule has 2 unspecified atom stereocenters. The first-order valence-electron chi connectivity index (χ1n) is 7.30. The zero-order chi connectivity index (χ0) is 14.1. The van der Waals surface area contributed by atoms with Crippen LogP contribution in [-0.2, 0) is 6.54 Å². The molecule has 2 aliphatic rings. The van der Waals surface area contributed by atoms with Crippen LogP contribution in [0.5, 0.6) is 0 Å². The minimum Gasteiger partial charge on any atom is -0.311 e. The summed E-state index contributed by atoms with van der Waals surface area (Å²) < 4.78 is 13.9. The Hall–Kier alpha value is -1.44. The lowest BCUT2D eigenvalue weighted by Gasteiger charge is -2.35. The average molecular weight is 273 g/mol. The highest BCUT2D eigenvalue weighted by molar-refractivity contribution is 5.32. The van der Waals surface area contributed by atoms with Crippen LogP contribution in [0.1, 0.15) is 36.8 Å². The molecule has 106 valence electrons. The predicted octanol–water partition coefficient (Wildman–Crippen LogP) is 2.41. The first-order valence-corrected chi connectivity index (χ1v) is 7.30. The van der Waals surface area contributed by atoms with Crippen LogP contribution in [0.15, 0.2) is 18.2 Å². The zero-order valence-electron chi connectivity index (χ0n) is 11.8. The molecule has 2 aliphatic heterocycles. The lowest BCUT2D eigenvalue weighted by molar-refractivity contribution is 0.164. The summed E-state index contributed by atoms with van der Waals surface area (Å²) >= 11 is 0. The molecular weight excluding hydrogens is 253 g/mol. The van der Waals surface area contributed by atoms with Crippen molar-refractivity contribution in [3.63, 3.8) is 0 Å². The Balaban J connectivity index is 1.67. The van der Waals surface area contributed by atoms with E-state index in [4.69, 9.17) is 5.26 Å². The van der Waals surface area contributed by atoms with Crippen molar-refractivity contribution in [3.05, 3.63) is 35.1 Å². The number of halogens is 1. The van der Waals surface area contributed by atoms with Gasteiger partial charge in [0.1, 0.15) is 5.82 Å². The molecule has 1 aromatic rings. The van der Waals surface area contributed by atoms with E-state index in [9.17, 15) is 4.39 Å². The molecule has 0 amide bonds. The Morgan fingerprint density at radius 3 is 2.65 bits per heavy atom. The fourth-order valence-electron chi connectivity index (χ4n) is 3.53. The second-order valence-corrected chi connectivity index (χ2v) is 6.10. The molecule has 4 heteroatoms. The van der Waals surface area contributed by atoms with Crippen molar-refractivity contribution in [2.45, 2.75) is 50.4 Å². The van der Waals surface area contributed by atoms with Crippen LogP contribution < -0.4 is 5.32 Å². The van der Waals surface area contributed by atoms with Gasteiger partial charge in [-0.1, -0.05) is 6.07 Å². The number of nitrogens with zero attached hydrogens (tertiary/aromatic N) is 2. The molecule has 2 atom stereocenters. The van der Waals surface area contributed by atoms with E-state index in [0.29, 0.717) is 35.8 Å². The quantitative estimate of drug-likeness (QED) is 0.919. The first kappa shape index (κ1) is 13.5. The van der Waals surface area contributed by atoms with Crippen molar-refractivity contribution < 1.29 is 4.39 Å². The smallest absolute Gasteiger partial charge is 0.129 e. The van der Waals surface area contributed by atoms with E-state index in [0.717, 1.165) is 12.8 Å². The number of fused-ring (bicyclic) bond motifs is 2. The van der Waals surface area contributed by atoms with Crippen molar-refractivity contribution >= 4 is 0 Å². The molecule has 1 N–H and O–H groups in total. The van der Waals surface area contributed by atoms with Crippen LogP contribution in [0.3, 0.4) is 0 Å². The topological polar surface area (TPSA) is 39.1 Å². The summed E-state index contributed by atoms with van der Waals surface area (Å²) in [4.78, 5) is 2.26. The van der Waals surface area contributed by atoms with E-state index in [-0.39, 0.29) is 5.82 Å². The summed E-state index contributed by atoms with van der Waals surface area (Å²) in [6.45, 7) is 0.613. The number of nitrogens with one attached hydrogen (secondary N) is 1. The summed E-state index contributed by atoms with van der Waals surface area (Å²) in [5.41, 5.74) is 1.06. The molecule has 3 nitrogen and oxygen atoms in total. The van der Waals surface area contributed by atoms with Crippen LogP contribution in [0.4, 0.5) is 4.39 Å². The zero-order valence-corrected chi connectivity index (χ0v) is 11.8. The largest absolute Gasteiger partial charge is 0.311 e. The van der Waals surface area contributed by atoms with Crippen LogP contribution in [0.25, 0.3) is 0 Å². The molecule has 2 fully saturated rings. The van der Waals surface area contributed by atoms with Crippen LogP contribution in [0, 0.1) is 17.1 Å². The van der Waals surface area contributed by atoms with E-state index in [1.807, 2.05) is 6.07 Å². The van der Waals surface area contributed by atoms with E-state index >= 15 is 0 Å². The van der Waals surface area contributed by atoms with Gasteiger partial charge in [0.15, 0.2) is 0 Å². The van der Waals surface area contributed by atoms with Gasteiger partial charge in [0.2, 0.25) is 0 Å². The van der Waals surface area contributed by atoms with Gasteiger partial charge in [0.05, 0.1) is 11.6 Å². The highest BCUT2D eigenvalue weighted by atomic mass is 19.1. The number of hydrogen-bond donors (Lipinski definition) is 1. The fourth-order valence-corrected chi connectivity index (χ4v) is 3.53. The third-order valence-electron chi connectivity index (χ3n) is 4.67. The third-order valence-corrected chi connectivity index (χ3v) is 4.67. The number of nitriles is 1. The fraction of sp³-hybridized carbons (Fsp3) is 0.562. The number of rotatable bonds is 3. The molecule has 20 heavy (non-hydrogen) atoms. The minimum absolute atomic E-state index is 0.271. The molecule has 0 aliphatic carbocycles. The Morgan fingerprint density at radius 2 is 2.05 bits per heavy atom. The molecule has 0 aromatic heterocycles. The maximum Gasteiger partial charge on any atom is 0.129 e. The highest BCUT2D eigenvalue weighted by Gasteiger charge is 2.35. The predicted molar refractivity (Wildman–Crippen MR) is 75.5 cm³/mol. The standard InChI is InChI=1S/C16H20FN3/c1-20(15-7-13-4-5-14(8-15)19-13)10-12-3-2-11(9-18)6-16(12)17/h2-3,6,13-15,19H,4-5,7-8,10H2,1H3. The van der Waals surface area contributed by atoms with E-state index in [1.54, 1.807) is 12.1 Å². The van der Waals surface area contributed by atoms with Gasteiger partial charge >= 0.3 is 0 Å². The van der Waals surface area contributed by atoms with E-state index in [2.05, 4.69) is 17.3 Å². The van der Waals surface area contributed by atoms with Gasteiger partial charge in [-0.05, 0) is 44.9 Å². The summed E-state index contributed by atoms with van der Waals surface area (Å²) in [7, 11) is 2.08. The molecule has 2 saturated heterocycles. The minimum atomic E-state index is -0.271. The second kappa shape index (κ2) is 5.51. The summed E-state index contributed by atoms with van der Waals surface area (Å²) in [5.74, 6) is -0.271. The maximum absolute atomic E-state index is 13.9. The van der Waals surface area contributed by atoms with Crippen molar-refractivity contribution in [1.82, 2.24) is 10.2 Å². The average Bonchev–Trinajstić information content (AvgIpc) is 2.79. The summed E-state index contributed by atoms with van der Waals surface area (Å²) in [5, 5.41) is 12.4. The van der Waals surface area contributed by atoms with Crippen LogP contribution >= 0.6 is 0 Å². The summed E-state index contributed by atoms with van der Waals surface area (Å²) in [6.07, 6.45) is 4.87. The molecule has 0 radical (unpaired) electrons.